The number of hydrogen-bond donors (Lipinski definition) is 1. The molecule has 0 spiro atoms. The van der Waals surface area contributed by atoms with Gasteiger partial charge in [0.1, 0.15) is 0 Å². The van der Waals surface area contributed by atoms with Gasteiger partial charge in [0.25, 0.3) is 0 Å². The standard InChI is InChI=1S/C17H30N4O4.2ClH/c18-16(14-1-9-24-10-2-14)17(23)21-5-3-20(4-6-21)15(22)13-19-7-11-25-12-8-19;;/h14,16H,1-13,18H2;2*1H. The van der Waals surface area contributed by atoms with Crippen molar-refractivity contribution in [1.82, 2.24) is 14.7 Å². The van der Waals surface area contributed by atoms with E-state index >= 15 is 0 Å². The highest BCUT2D eigenvalue weighted by Gasteiger charge is 2.32. The second-order valence-corrected chi connectivity index (χ2v) is 7.07. The van der Waals surface area contributed by atoms with E-state index in [1.807, 2.05) is 9.80 Å². The van der Waals surface area contributed by atoms with Gasteiger partial charge in [-0.1, -0.05) is 0 Å². The highest BCUT2D eigenvalue weighted by Crippen LogP contribution is 2.19. The van der Waals surface area contributed by atoms with Gasteiger partial charge >= 0.3 is 0 Å². The van der Waals surface area contributed by atoms with Crippen molar-refractivity contribution in [3.05, 3.63) is 0 Å². The molecular weight excluding hydrogens is 395 g/mol. The largest absolute Gasteiger partial charge is 0.381 e. The fraction of sp³-hybridized carbons (Fsp3) is 0.882. The van der Waals surface area contributed by atoms with Crippen molar-refractivity contribution in [3.8, 4) is 0 Å². The Hall–Kier alpha value is -0.640. The van der Waals surface area contributed by atoms with Crippen molar-refractivity contribution in [2.75, 3.05) is 72.2 Å². The lowest BCUT2D eigenvalue weighted by molar-refractivity contribution is -0.142. The minimum absolute atomic E-state index is 0. The summed E-state index contributed by atoms with van der Waals surface area (Å²) >= 11 is 0. The van der Waals surface area contributed by atoms with Gasteiger partial charge in [-0.3, -0.25) is 14.5 Å². The number of nitrogens with zero attached hydrogens (tertiary/aromatic N) is 3. The Kier molecular flexibility index (Phi) is 10.9. The van der Waals surface area contributed by atoms with Gasteiger partial charge in [0.15, 0.2) is 0 Å². The average Bonchev–Trinajstić information content (AvgIpc) is 2.68. The lowest BCUT2D eigenvalue weighted by Gasteiger charge is -2.38. The Morgan fingerprint density at radius 1 is 0.852 bits per heavy atom. The molecular formula is C17H32Cl2N4O4. The third-order valence-electron chi connectivity index (χ3n) is 5.47. The number of hydrogen-bond acceptors (Lipinski definition) is 6. The van der Waals surface area contributed by atoms with Crippen LogP contribution in [0.15, 0.2) is 0 Å². The normalized spacial score (nSPS) is 23.1. The molecule has 3 aliphatic heterocycles. The van der Waals surface area contributed by atoms with E-state index in [9.17, 15) is 9.59 Å². The van der Waals surface area contributed by atoms with E-state index in [2.05, 4.69) is 4.90 Å². The smallest absolute Gasteiger partial charge is 0.239 e. The molecule has 1 atom stereocenters. The highest BCUT2D eigenvalue weighted by atomic mass is 35.5. The van der Waals surface area contributed by atoms with Gasteiger partial charge in [0.2, 0.25) is 11.8 Å². The molecule has 1 unspecified atom stereocenters. The van der Waals surface area contributed by atoms with Crippen molar-refractivity contribution in [3.63, 3.8) is 0 Å². The Balaban J connectivity index is 0.00000182. The van der Waals surface area contributed by atoms with Gasteiger partial charge in [-0.2, -0.15) is 0 Å². The summed E-state index contributed by atoms with van der Waals surface area (Å²) in [6.45, 7) is 7.16. The fourth-order valence-electron chi connectivity index (χ4n) is 3.71. The Morgan fingerprint density at radius 2 is 1.37 bits per heavy atom. The number of rotatable bonds is 4. The molecule has 0 aromatic heterocycles. The number of morpholine rings is 1. The van der Waals surface area contributed by atoms with Gasteiger partial charge < -0.3 is 25.0 Å². The minimum atomic E-state index is -0.445. The molecule has 0 aromatic rings. The summed E-state index contributed by atoms with van der Waals surface area (Å²) in [5.74, 6) is 0.372. The molecule has 2 amide bonds. The summed E-state index contributed by atoms with van der Waals surface area (Å²) in [6.07, 6.45) is 1.70. The van der Waals surface area contributed by atoms with Crippen LogP contribution in [0.1, 0.15) is 12.8 Å². The molecule has 2 N–H and O–H groups in total. The van der Waals surface area contributed by atoms with Crippen molar-refractivity contribution >= 4 is 36.6 Å². The van der Waals surface area contributed by atoms with E-state index in [0.717, 1.165) is 25.9 Å². The number of halogens is 2. The van der Waals surface area contributed by atoms with Crippen LogP contribution in [-0.2, 0) is 19.1 Å². The molecule has 3 rings (SSSR count). The minimum Gasteiger partial charge on any atom is -0.381 e. The molecule has 158 valence electrons. The van der Waals surface area contributed by atoms with Crippen LogP contribution in [0.3, 0.4) is 0 Å². The first-order chi connectivity index (χ1) is 12.1. The van der Waals surface area contributed by atoms with Crippen molar-refractivity contribution in [2.45, 2.75) is 18.9 Å². The van der Waals surface area contributed by atoms with E-state index in [1.165, 1.54) is 0 Å². The maximum atomic E-state index is 12.6. The molecule has 3 saturated heterocycles. The predicted molar refractivity (Wildman–Crippen MR) is 106 cm³/mol. The van der Waals surface area contributed by atoms with Crippen molar-refractivity contribution in [1.29, 1.82) is 0 Å². The lowest BCUT2D eigenvalue weighted by atomic mass is 9.91. The van der Waals surface area contributed by atoms with Crippen LogP contribution < -0.4 is 5.73 Å². The monoisotopic (exact) mass is 426 g/mol. The zero-order valence-corrected chi connectivity index (χ0v) is 17.3. The summed E-state index contributed by atoms with van der Waals surface area (Å²) in [6, 6.07) is -0.445. The molecule has 3 fully saturated rings. The van der Waals surface area contributed by atoms with E-state index < -0.39 is 6.04 Å². The Morgan fingerprint density at radius 3 is 1.96 bits per heavy atom. The van der Waals surface area contributed by atoms with Crippen molar-refractivity contribution < 1.29 is 19.1 Å². The van der Waals surface area contributed by atoms with Crippen molar-refractivity contribution in [2.24, 2.45) is 11.7 Å². The zero-order chi connectivity index (χ0) is 17.6. The first kappa shape index (κ1) is 24.4. The Labute approximate surface area is 173 Å². The zero-order valence-electron chi connectivity index (χ0n) is 15.7. The van der Waals surface area contributed by atoms with Gasteiger partial charge in [-0.25, -0.2) is 0 Å². The number of amides is 2. The predicted octanol–water partition coefficient (Wildman–Crippen LogP) is -0.413. The SMILES string of the molecule is Cl.Cl.NC(C(=O)N1CCN(C(=O)CN2CCOCC2)CC1)C1CCOCC1. The molecule has 0 bridgehead atoms. The second-order valence-electron chi connectivity index (χ2n) is 7.07. The van der Waals surface area contributed by atoms with Crippen LogP contribution in [0.4, 0.5) is 0 Å². The quantitative estimate of drug-likeness (QED) is 0.656. The number of ether oxygens (including phenoxy) is 2. The van der Waals surface area contributed by atoms with Crippen LogP contribution in [-0.4, -0.2) is 105 Å². The van der Waals surface area contributed by atoms with Crippen LogP contribution in [0.25, 0.3) is 0 Å². The summed E-state index contributed by atoms with van der Waals surface area (Å²) in [4.78, 5) is 30.9. The third kappa shape index (κ3) is 6.73. The summed E-state index contributed by atoms with van der Waals surface area (Å²) in [5, 5.41) is 0. The number of carbonyl (C=O) groups excluding carboxylic acids is 2. The molecule has 0 radical (unpaired) electrons. The van der Waals surface area contributed by atoms with Crippen LogP contribution in [0.2, 0.25) is 0 Å². The Bertz CT molecular complexity index is 466. The first-order valence-electron chi connectivity index (χ1n) is 9.35. The van der Waals surface area contributed by atoms with Crippen LogP contribution in [0, 0.1) is 5.92 Å². The van der Waals surface area contributed by atoms with E-state index in [-0.39, 0.29) is 42.5 Å². The molecule has 0 aromatic carbocycles. The van der Waals surface area contributed by atoms with E-state index in [4.69, 9.17) is 15.2 Å². The highest BCUT2D eigenvalue weighted by molar-refractivity contribution is 5.85. The van der Waals surface area contributed by atoms with Crippen LogP contribution in [0.5, 0.6) is 0 Å². The molecule has 0 aliphatic carbocycles. The molecule has 3 heterocycles. The van der Waals surface area contributed by atoms with Crippen LogP contribution >= 0.6 is 24.8 Å². The third-order valence-corrected chi connectivity index (χ3v) is 5.47. The molecule has 27 heavy (non-hydrogen) atoms. The van der Waals surface area contributed by atoms with E-state index in [1.54, 1.807) is 0 Å². The average molecular weight is 427 g/mol. The van der Waals surface area contributed by atoms with Gasteiger partial charge in [-0.15, -0.1) is 24.8 Å². The summed E-state index contributed by atoms with van der Waals surface area (Å²) in [7, 11) is 0. The van der Waals surface area contributed by atoms with Gasteiger partial charge in [-0.05, 0) is 18.8 Å². The second kappa shape index (κ2) is 12.0. The molecule has 8 nitrogen and oxygen atoms in total. The summed E-state index contributed by atoms with van der Waals surface area (Å²) in [5.41, 5.74) is 6.20. The molecule has 10 heteroatoms. The first-order valence-corrected chi connectivity index (χ1v) is 9.35. The van der Waals surface area contributed by atoms with Gasteiger partial charge in [0.05, 0.1) is 25.8 Å². The number of nitrogens with two attached hydrogens (primary N) is 1. The summed E-state index contributed by atoms with van der Waals surface area (Å²) < 4.78 is 10.7. The fourth-order valence-corrected chi connectivity index (χ4v) is 3.71. The number of carbonyl (C=O) groups is 2. The maximum absolute atomic E-state index is 12.6. The molecule has 3 aliphatic rings. The lowest BCUT2D eigenvalue weighted by Crippen LogP contribution is -2.57. The topological polar surface area (TPSA) is 88.3 Å². The number of piperazine rings is 1. The molecule has 0 saturated carbocycles. The maximum Gasteiger partial charge on any atom is 0.239 e. The van der Waals surface area contributed by atoms with Gasteiger partial charge in [0, 0.05) is 52.5 Å². The van der Waals surface area contributed by atoms with E-state index in [0.29, 0.717) is 59.2 Å².